The molecule has 0 bridgehead atoms. The molecule has 0 saturated carbocycles. The maximum absolute atomic E-state index is 12.2. The van der Waals surface area contributed by atoms with Gasteiger partial charge in [-0.25, -0.2) is 8.42 Å². The van der Waals surface area contributed by atoms with Crippen molar-refractivity contribution in [2.45, 2.75) is 10.6 Å². The minimum Gasteiger partial charge on any atom is -0.398 e. The van der Waals surface area contributed by atoms with E-state index < -0.39 is 9.84 Å². The molecule has 3 nitrogen and oxygen atoms in total. The maximum atomic E-state index is 12.2. The smallest absolute Gasteiger partial charge is 0.185 e. The van der Waals surface area contributed by atoms with Crippen molar-refractivity contribution in [3.05, 3.63) is 44.0 Å². The van der Waals surface area contributed by atoms with Crippen LogP contribution in [-0.2, 0) is 15.6 Å². The molecule has 1 aromatic carbocycles. The van der Waals surface area contributed by atoms with E-state index in [0.29, 0.717) is 5.02 Å². The van der Waals surface area contributed by atoms with E-state index in [4.69, 9.17) is 17.3 Å². The first kappa shape index (κ1) is 13.9. The van der Waals surface area contributed by atoms with Crippen molar-refractivity contribution in [1.29, 1.82) is 0 Å². The third-order valence-corrected chi connectivity index (χ3v) is 6.09. The van der Waals surface area contributed by atoms with Gasteiger partial charge in [0.05, 0.1) is 16.3 Å². The SMILES string of the molecule is Nc1ccc(Cl)cc1S(=O)(=O)Cc1cc(Br)cs1. The lowest BCUT2D eigenvalue weighted by atomic mass is 10.3. The molecule has 0 aliphatic rings. The van der Waals surface area contributed by atoms with E-state index >= 15 is 0 Å². The Morgan fingerprint density at radius 3 is 2.67 bits per heavy atom. The van der Waals surface area contributed by atoms with Gasteiger partial charge in [0.25, 0.3) is 0 Å². The summed E-state index contributed by atoms with van der Waals surface area (Å²) in [7, 11) is -3.47. The number of halogens is 2. The molecular formula is C11H9BrClNO2S2. The van der Waals surface area contributed by atoms with E-state index in [1.54, 1.807) is 12.1 Å². The fourth-order valence-electron chi connectivity index (χ4n) is 1.47. The maximum Gasteiger partial charge on any atom is 0.185 e. The highest BCUT2D eigenvalue weighted by atomic mass is 79.9. The van der Waals surface area contributed by atoms with Crippen molar-refractivity contribution in [2.75, 3.05) is 5.73 Å². The molecule has 0 saturated heterocycles. The van der Waals surface area contributed by atoms with Gasteiger partial charge in [-0.15, -0.1) is 11.3 Å². The van der Waals surface area contributed by atoms with Crippen LogP contribution in [0.2, 0.25) is 5.02 Å². The van der Waals surface area contributed by atoms with Gasteiger partial charge in [-0.2, -0.15) is 0 Å². The van der Waals surface area contributed by atoms with Gasteiger partial charge in [-0.3, -0.25) is 0 Å². The lowest BCUT2D eigenvalue weighted by Gasteiger charge is -2.06. The zero-order valence-electron chi connectivity index (χ0n) is 9.06. The highest BCUT2D eigenvalue weighted by Crippen LogP contribution is 2.28. The third kappa shape index (κ3) is 3.06. The number of hydrogen-bond acceptors (Lipinski definition) is 4. The van der Waals surface area contributed by atoms with Crippen LogP contribution in [0.3, 0.4) is 0 Å². The quantitative estimate of drug-likeness (QED) is 0.842. The molecule has 96 valence electrons. The molecule has 0 amide bonds. The van der Waals surface area contributed by atoms with Gasteiger partial charge in [-0.05, 0) is 40.2 Å². The Morgan fingerprint density at radius 2 is 2.06 bits per heavy atom. The van der Waals surface area contributed by atoms with Gasteiger partial charge in [0.1, 0.15) is 0 Å². The van der Waals surface area contributed by atoms with E-state index in [2.05, 4.69) is 15.9 Å². The van der Waals surface area contributed by atoms with Crippen LogP contribution in [0.4, 0.5) is 5.69 Å². The van der Waals surface area contributed by atoms with Crippen LogP contribution >= 0.6 is 38.9 Å². The summed E-state index contributed by atoms with van der Waals surface area (Å²) in [4.78, 5) is 0.834. The average Bonchev–Trinajstić information content (AvgIpc) is 2.66. The molecule has 0 radical (unpaired) electrons. The summed E-state index contributed by atoms with van der Waals surface area (Å²) in [5.41, 5.74) is 5.91. The number of sulfone groups is 1. The lowest BCUT2D eigenvalue weighted by Crippen LogP contribution is -2.07. The molecule has 0 spiro atoms. The first-order chi connectivity index (χ1) is 8.38. The Bertz CT molecular complexity index is 682. The zero-order chi connectivity index (χ0) is 13.3. The molecule has 7 heteroatoms. The van der Waals surface area contributed by atoms with E-state index in [0.717, 1.165) is 9.35 Å². The van der Waals surface area contributed by atoms with Crippen LogP contribution in [0.5, 0.6) is 0 Å². The summed E-state index contributed by atoms with van der Waals surface area (Å²) in [6.07, 6.45) is 0. The van der Waals surface area contributed by atoms with E-state index in [-0.39, 0.29) is 16.3 Å². The minimum absolute atomic E-state index is 0.0756. The number of nitrogen functional groups attached to an aromatic ring is 1. The Labute approximate surface area is 123 Å². The number of rotatable bonds is 3. The van der Waals surface area contributed by atoms with Crippen molar-refractivity contribution >= 4 is 54.4 Å². The van der Waals surface area contributed by atoms with E-state index in [1.807, 2.05) is 5.38 Å². The second-order valence-corrected chi connectivity index (χ2v) is 7.98. The van der Waals surface area contributed by atoms with Crippen molar-refractivity contribution in [1.82, 2.24) is 0 Å². The summed E-state index contributed by atoms with van der Waals surface area (Å²) in [6.45, 7) is 0. The third-order valence-electron chi connectivity index (χ3n) is 2.26. The Morgan fingerprint density at radius 1 is 1.33 bits per heavy atom. The number of anilines is 1. The Hall–Kier alpha value is -0.560. The van der Waals surface area contributed by atoms with Crippen LogP contribution in [0.1, 0.15) is 4.88 Å². The van der Waals surface area contributed by atoms with Gasteiger partial charge in [-0.1, -0.05) is 11.6 Å². The topological polar surface area (TPSA) is 60.2 Å². The van der Waals surface area contributed by atoms with Crippen molar-refractivity contribution in [3.63, 3.8) is 0 Å². The number of thiophene rings is 1. The van der Waals surface area contributed by atoms with Gasteiger partial charge in [0.2, 0.25) is 0 Å². The van der Waals surface area contributed by atoms with Crippen LogP contribution in [0.25, 0.3) is 0 Å². The fraction of sp³-hybridized carbons (Fsp3) is 0.0909. The Balaban J connectivity index is 2.39. The zero-order valence-corrected chi connectivity index (χ0v) is 13.0. The average molecular weight is 367 g/mol. The van der Waals surface area contributed by atoms with Crippen molar-refractivity contribution in [2.24, 2.45) is 0 Å². The lowest BCUT2D eigenvalue weighted by molar-refractivity contribution is 0.596. The van der Waals surface area contributed by atoms with Crippen molar-refractivity contribution in [3.8, 4) is 0 Å². The monoisotopic (exact) mass is 365 g/mol. The van der Waals surface area contributed by atoms with Crippen LogP contribution in [0.15, 0.2) is 39.0 Å². The van der Waals surface area contributed by atoms with Crippen LogP contribution in [0, 0.1) is 0 Å². The predicted octanol–water partition coefficient (Wildman–Crippen LogP) is 3.72. The van der Waals surface area contributed by atoms with Crippen molar-refractivity contribution < 1.29 is 8.42 Å². The molecule has 0 aliphatic carbocycles. The molecule has 2 N–H and O–H groups in total. The summed E-state index contributed by atoms with van der Waals surface area (Å²) in [5.74, 6) is -0.0756. The summed E-state index contributed by atoms with van der Waals surface area (Å²) < 4.78 is 25.3. The normalized spacial score (nSPS) is 11.7. The van der Waals surface area contributed by atoms with Gasteiger partial charge < -0.3 is 5.73 Å². The first-order valence-electron chi connectivity index (χ1n) is 4.89. The second kappa shape index (κ2) is 5.21. The molecule has 2 aromatic rings. The second-order valence-electron chi connectivity index (χ2n) is 3.67. The van der Waals surface area contributed by atoms with Gasteiger partial charge in [0, 0.05) is 19.8 Å². The molecule has 0 fully saturated rings. The molecular weight excluding hydrogens is 358 g/mol. The van der Waals surface area contributed by atoms with Gasteiger partial charge in [0.15, 0.2) is 9.84 Å². The fourth-order valence-corrected chi connectivity index (χ4v) is 5.03. The Kier molecular flexibility index (Phi) is 4.01. The largest absolute Gasteiger partial charge is 0.398 e. The van der Waals surface area contributed by atoms with E-state index in [9.17, 15) is 8.42 Å². The summed E-state index contributed by atoms with van der Waals surface area (Å²) in [6, 6.07) is 6.23. The number of hydrogen-bond donors (Lipinski definition) is 1. The highest BCUT2D eigenvalue weighted by molar-refractivity contribution is 9.10. The highest BCUT2D eigenvalue weighted by Gasteiger charge is 2.19. The molecule has 0 aliphatic heterocycles. The summed E-state index contributed by atoms with van der Waals surface area (Å²) >= 11 is 10.5. The predicted molar refractivity (Wildman–Crippen MR) is 78.8 cm³/mol. The minimum atomic E-state index is -3.47. The van der Waals surface area contributed by atoms with E-state index in [1.165, 1.54) is 23.5 Å². The molecule has 0 atom stereocenters. The molecule has 2 rings (SSSR count). The number of nitrogens with two attached hydrogens (primary N) is 1. The number of benzene rings is 1. The van der Waals surface area contributed by atoms with Gasteiger partial charge >= 0.3 is 0 Å². The summed E-state index contributed by atoms with van der Waals surface area (Å²) in [5, 5.41) is 2.20. The first-order valence-corrected chi connectivity index (χ1v) is 8.59. The molecule has 1 heterocycles. The molecule has 0 unspecified atom stereocenters. The standard InChI is InChI=1S/C11H9BrClNO2S2/c12-7-3-9(17-5-7)6-18(15,16)11-4-8(13)1-2-10(11)14/h1-5H,6,14H2. The molecule has 1 aromatic heterocycles. The van der Waals surface area contributed by atoms with Crippen LogP contribution in [-0.4, -0.2) is 8.42 Å². The van der Waals surface area contributed by atoms with Crippen LogP contribution < -0.4 is 5.73 Å². The molecule has 18 heavy (non-hydrogen) atoms.